The first kappa shape index (κ1) is 24.3. The van der Waals surface area contributed by atoms with E-state index in [4.69, 9.17) is 44.0 Å². The van der Waals surface area contributed by atoms with Gasteiger partial charge in [0.15, 0.2) is 22.9 Å². The number of nitrogens with zero attached hydrogens (tertiary/aromatic N) is 1. The van der Waals surface area contributed by atoms with Crippen molar-refractivity contribution in [3.63, 3.8) is 0 Å². The van der Waals surface area contributed by atoms with Gasteiger partial charge in [-0.15, -0.1) is 0 Å². The van der Waals surface area contributed by atoms with E-state index in [1.54, 1.807) is 36.4 Å². The maximum absolute atomic E-state index is 13.8. The van der Waals surface area contributed by atoms with E-state index in [1.807, 2.05) is 19.1 Å². The van der Waals surface area contributed by atoms with Crippen LogP contribution < -0.4 is 9.64 Å². The molecule has 36 heavy (non-hydrogen) atoms. The summed E-state index contributed by atoms with van der Waals surface area (Å²) in [7, 11) is 1.46. The second-order valence-corrected chi connectivity index (χ2v) is 9.60. The van der Waals surface area contributed by atoms with Crippen molar-refractivity contribution < 1.29 is 23.8 Å². The number of methoxy groups -OCH3 is 1. The number of aryl methyl sites for hydroxylation is 1. The monoisotopic (exact) mass is 541 g/mol. The van der Waals surface area contributed by atoms with Crippen molar-refractivity contribution >= 4 is 63.1 Å². The summed E-state index contributed by atoms with van der Waals surface area (Å²) in [5.41, 5.74) is 1.98. The molecule has 0 spiro atoms. The van der Waals surface area contributed by atoms with Crippen LogP contribution in [0.3, 0.4) is 0 Å². The van der Waals surface area contributed by atoms with Gasteiger partial charge in [0.05, 0.1) is 18.7 Å². The highest BCUT2D eigenvalue weighted by Gasteiger charge is 2.46. The molecule has 1 unspecified atom stereocenters. The lowest BCUT2D eigenvalue weighted by Gasteiger charge is -2.28. The lowest BCUT2D eigenvalue weighted by atomic mass is 9.92. The number of ether oxygens (including phenoxy) is 1. The number of fused-ring (bicyclic) bond motifs is 1. The van der Waals surface area contributed by atoms with Crippen molar-refractivity contribution in [2.75, 3.05) is 12.0 Å². The molecule has 1 atom stereocenters. The average molecular weight is 543 g/mol. The zero-order valence-electron chi connectivity index (χ0n) is 19.0. The summed E-state index contributed by atoms with van der Waals surface area (Å²) in [6.07, 6.45) is 0. The van der Waals surface area contributed by atoms with Crippen LogP contribution in [-0.4, -0.2) is 23.9 Å². The Bertz CT molecular complexity index is 1570. The maximum atomic E-state index is 13.8. The molecule has 1 amide bonds. The number of benzene rings is 3. The Balaban J connectivity index is 1.70. The van der Waals surface area contributed by atoms with Crippen molar-refractivity contribution in [1.82, 2.24) is 0 Å². The van der Waals surface area contributed by atoms with Crippen LogP contribution in [0.1, 0.15) is 27.7 Å². The summed E-state index contributed by atoms with van der Waals surface area (Å²) in [5, 5.41) is 12.6. The number of ketones is 1. The molecule has 1 aliphatic heterocycles. The van der Waals surface area contributed by atoms with Crippen molar-refractivity contribution in [2.24, 2.45) is 0 Å². The Morgan fingerprint density at radius 3 is 2.33 bits per heavy atom. The number of aliphatic hydroxyl groups is 1. The van der Waals surface area contributed by atoms with Crippen LogP contribution in [0.25, 0.3) is 11.0 Å². The van der Waals surface area contributed by atoms with Crippen molar-refractivity contribution in [3.8, 4) is 5.75 Å². The first-order valence-corrected chi connectivity index (χ1v) is 11.9. The van der Waals surface area contributed by atoms with Gasteiger partial charge in [-0.05, 0) is 48.4 Å². The molecule has 6 nitrogen and oxygen atoms in total. The third kappa shape index (κ3) is 4.01. The van der Waals surface area contributed by atoms with Gasteiger partial charge in [0.25, 0.3) is 5.91 Å². The summed E-state index contributed by atoms with van der Waals surface area (Å²) in [4.78, 5) is 28.6. The van der Waals surface area contributed by atoms with Crippen LogP contribution in [0, 0.1) is 6.92 Å². The number of hydrogen-bond donors (Lipinski definition) is 1. The van der Waals surface area contributed by atoms with Crippen LogP contribution in [0.2, 0.25) is 15.1 Å². The fourth-order valence-corrected chi connectivity index (χ4v) is 5.18. The van der Waals surface area contributed by atoms with Gasteiger partial charge in [-0.1, -0.05) is 59.1 Å². The number of halogens is 3. The number of furan rings is 1. The molecule has 5 rings (SSSR count). The Kier molecular flexibility index (Phi) is 6.20. The lowest BCUT2D eigenvalue weighted by molar-refractivity contribution is -0.117. The normalized spacial score (nSPS) is 15.8. The summed E-state index contributed by atoms with van der Waals surface area (Å²) < 4.78 is 11.2. The van der Waals surface area contributed by atoms with Crippen molar-refractivity contribution in [3.05, 3.63) is 104 Å². The van der Waals surface area contributed by atoms with E-state index >= 15 is 0 Å². The maximum Gasteiger partial charge on any atom is 0.294 e. The molecule has 0 aliphatic carbocycles. The van der Waals surface area contributed by atoms with E-state index in [9.17, 15) is 14.7 Å². The molecule has 0 saturated carbocycles. The molecule has 0 radical (unpaired) electrons. The van der Waals surface area contributed by atoms with Gasteiger partial charge in [-0.3, -0.25) is 14.5 Å². The molecule has 0 fully saturated rings. The minimum atomic E-state index is -0.959. The molecule has 3 aromatic carbocycles. The minimum Gasteiger partial charge on any atom is -0.503 e. The summed E-state index contributed by atoms with van der Waals surface area (Å²) >= 11 is 18.6. The Morgan fingerprint density at radius 2 is 1.67 bits per heavy atom. The largest absolute Gasteiger partial charge is 0.503 e. The number of carbonyl (C=O) groups is 2. The van der Waals surface area contributed by atoms with Crippen LogP contribution in [0.15, 0.2) is 76.4 Å². The van der Waals surface area contributed by atoms with Gasteiger partial charge in [0.2, 0.25) is 5.78 Å². The third-order valence-electron chi connectivity index (χ3n) is 6.05. The molecule has 4 aromatic rings. The second kappa shape index (κ2) is 9.21. The van der Waals surface area contributed by atoms with Crippen LogP contribution in [-0.2, 0) is 4.79 Å². The van der Waals surface area contributed by atoms with Crippen molar-refractivity contribution in [1.29, 1.82) is 0 Å². The number of Topliss-reactive ketones (excluding diaryl/α,β-unsaturated/α-hetero) is 1. The van der Waals surface area contributed by atoms with Gasteiger partial charge in [0.1, 0.15) is 0 Å². The van der Waals surface area contributed by atoms with Crippen molar-refractivity contribution in [2.45, 2.75) is 13.0 Å². The van der Waals surface area contributed by atoms with E-state index in [1.165, 1.54) is 24.1 Å². The van der Waals surface area contributed by atoms with E-state index < -0.39 is 23.5 Å². The number of aliphatic hydroxyl groups excluding tert-OH is 1. The molecule has 182 valence electrons. The van der Waals surface area contributed by atoms with E-state index in [2.05, 4.69) is 0 Å². The smallest absolute Gasteiger partial charge is 0.294 e. The molecular weight excluding hydrogens is 525 g/mol. The summed E-state index contributed by atoms with van der Waals surface area (Å²) in [6.45, 7) is 1.86. The highest BCUT2D eigenvalue weighted by atomic mass is 35.5. The third-order valence-corrected chi connectivity index (χ3v) is 6.71. The highest BCUT2D eigenvalue weighted by molar-refractivity contribution is 6.35. The van der Waals surface area contributed by atoms with Crippen LogP contribution in [0.5, 0.6) is 5.75 Å². The Labute approximate surface area is 221 Å². The zero-order valence-corrected chi connectivity index (χ0v) is 21.3. The van der Waals surface area contributed by atoms with E-state index in [0.717, 1.165) is 5.56 Å². The van der Waals surface area contributed by atoms with Gasteiger partial charge in [0, 0.05) is 32.2 Å². The molecule has 0 bridgehead atoms. The number of hydrogen-bond acceptors (Lipinski definition) is 5. The quantitative estimate of drug-likeness (QED) is 0.264. The highest BCUT2D eigenvalue weighted by Crippen LogP contribution is 2.44. The molecule has 1 aliphatic rings. The molecule has 2 heterocycles. The standard InChI is InChI=1S/C27H18Cl3NO5/c1-13-5-3-4-6-19(13)23-22(25(33)27(34)31(23)18-10-16(29)9-17(30)11-18)24(32)20-8-14-7-15(28)12-21(35-2)26(14)36-20/h3-12,23,33H,1-2H3. The lowest BCUT2D eigenvalue weighted by Crippen LogP contribution is -2.31. The Hall–Kier alpha value is -3.45. The fraction of sp³-hybridized carbons (Fsp3) is 0.111. The second-order valence-electron chi connectivity index (χ2n) is 8.29. The first-order chi connectivity index (χ1) is 17.2. The molecule has 9 heteroatoms. The fourth-order valence-electron chi connectivity index (χ4n) is 4.45. The number of rotatable bonds is 5. The van der Waals surface area contributed by atoms with Crippen LogP contribution >= 0.6 is 34.8 Å². The average Bonchev–Trinajstić information content (AvgIpc) is 3.37. The first-order valence-electron chi connectivity index (χ1n) is 10.8. The SMILES string of the molecule is COc1cc(Cl)cc2cc(C(=O)C3=C(O)C(=O)N(c4cc(Cl)cc(Cl)c4)C3c3ccccc3C)oc12. The van der Waals surface area contributed by atoms with Gasteiger partial charge < -0.3 is 14.3 Å². The van der Waals surface area contributed by atoms with Gasteiger partial charge >= 0.3 is 0 Å². The molecule has 1 N–H and O–H groups in total. The van der Waals surface area contributed by atoms with Gasteiger partial charge in [-0.2, -0.15) is 0 Å². The topological polar surface area (TPSA) is 80.0 Å². The molecule has 0 saturated heterocycles. The van der Waals surface area contributed by atoms with Crippen LogP contribution in [0.4, 0.5) is 5.69 Å². The minimum absolute atomic E-state index is 0.0792. The number of amides is 1. The molecular formula is C27H18Cl3NO5. The zero-order chi connectivity index (χ0) is 25.7. The van der Waals surface area contributed by atoms with E-state index in [-0.39, 0.29) is 11.3 Å². The van der Waals surface area contributed by atoms with Gasteiger partial charge in [-0.25, -0.2) is 0 Å². The summed E-state index contributed by atoms with van der Waals surface area (Å²) in [5.74, 6) is -1.83. The molecule has 1 aromatic heterocycles. The predicted octanol–water partition coefficient (Wildman–Crippen LogP) is 7.49. The number of anilines is 1. The predicted molar refractivity (Wildman–Crippen MR) is 140 cm³/mol. The summed E-state index contributed by atoms with van der Waals surface area (Å²) in [6, 6.07) is 15.7. The number of carbonyl (C=O) groups excluding carboxylic acids is 2. The van der Waals surface area contributed by atoms with E-state index in [0.29, 0.717) is 43.0 Å². The Morgan fingerprint density at radius 1 is 1.00 bits per heavy atom.